The summed E-state index contributed by atoms with van der Waals surface area (Å²) in [4.78, 5) is 23.6. The number of benzene rings is 2. The summed E-state index contributed by atoms with van der Waals surface area (Å²) in [5.41, 5.74) is 0.206. The zero-order chi connectivity index (χ0) is 19.2. The third kappa shape index (κ3) is 4.86. The van der Waals surface area contributed by atoms with Crippen molar-refractivity contribution in [3.8, 4) is 11.8 Å². The Morgan fingerprint density at radius 2 is 1.65 bits per heavy atom. The van der Waals surface area contributed by atoms with Crippen LogP contribution >= 0.6 is 0 Å². The van der Waals surface area contributed by atoms with Gasteiger partial charge >= 0.3 is 6.18 Å². The molecule has 134 valence electrons. The first-order valence-corrected chi connectivity index (χ1v) is 7.58. The van der Waals surface area contributed by atoms with E-state index in [4.69, 9.17) is 0 Å². The lowest BCUT2D eigenvalue weighted by atomic mass is 10.1. The van der Waals surface area contributed by atoms with Crippen molar-refractivity contribution in [2.45, 2.75) is 6.18 Å². The normalized spacial score (nSPS) is 10.5. The largest absolute Gasteiger partial charge is 0.416 e. The van der Waals surface area contributed by atoms with Crippen molar-refractivity contribution in [3.05, 3.63) is 70.8 Å². The van der Waals surface area contributed by atoms with Gasteiger partial charge in [-0.3, -0.25) is 9.59 Å². The average molecular weight is 360 g/mol. The minimum absolute atomic E-state index is 0.0120. The summed E-state index contributed by atoms with van der Waals surface area (Å²) < 4.78 is 37.5. The van der Waals surface area contributed by atoms with E-state index in [1.54, 1.807) is 24.3 Å². The molecule has 0 spiro atoms. The van der Waals surface area contributed by atoms with Crippen LogP contribution in [-0.2, 0) is 6.18 Å². The van der Waals surface area contributed by atoms with Crippen LogP contribution in [0.25, 0.3) is 0 Å². The second-order valence-corrected chi connectivity index (χ2v) is 5.18. The van der Waals surface area contributed by atoms with Gasteiger partial charge in [-0.15, -0.1) is 0 Å². The fourth-order valence-electron chi connectivity index (χ4n) is 2.10. The van der Waals surface area contributed by atoms with E-state index in [1.165, 1.54) is 7.05 Å². The lowest BCUT2D eigenvalue weighted by Gasteiger charge is -2.07. The summed E-state index contributed by atoms with van der Waals surface area (Å²) in [6, 6.07) is 10.7. The number of carbonyl (C=O) groups excluding carboxylic acids is 2. The topological polar surface area (TPSA) is 58.2 Å². The summed E-state index contributed by atoms with van der Waals surface area (Å²) in [6.45, 7) is -0.0120. The summed E-state index contributed by atoms with van der Waals surface area (Å²) in [5, 5.41) is 5.01. The Morgan fingerprint density at radius 1 is 1.00 bits per heavy atom. The van der Waals surface area contributed by atoms with Crippen molar-refractivity contribution in [2.75, 3.05) is 13.6 Å². The molecule has 0 bridgehead atoms. The van der Waals surface area contributed by atoms with Gasteiger partial charge in [-0.05, 0) is 36.4 Å². The van der Waals surface area contributed by atoms with E-state index < -0.39 is 17.6 Å². The smallest absolute Gasteiger partial charge is 0.355 e. The van der Waals surface area contributed by atoms with Crippen LogP contribution < -0.4 is 10.6 Å². The monoisotopic (exact) mass is 360 g/mol. The lowest BCUT2D eigenvalue weighted by molar-refractivity contribution is -0.137. The van der Waals surface area contributed by atoms with E-state index in [0.29, 0.717) is 11.1 Å². The third-order valence-corrected chi connectivity index (χ3v) is 3.43. The molecule has 0 atom stereocenters. The maximum Gasteiger partial charge on any atom is 0.416 e. The summed E-state index contributed by atoms with van der Waals surface area (Å²) in [5.74, 6) is 4.70. The predicted octanol–water partition coefficient (Wildman–Crippen LogP) is 2.85. The molecule has 4 nitrogen and oxygen atoms in total. The summed E-state index contributed by atoms with van der Waals surface area (Å²) in [7, 11) is 1.51. The molecule has 0 heterocycles. The molecule has 2 aromatic rings. The molecule has 26 heavy (non-hydrogen) atoms. The number of hydrogen-bond donors (Lipinski definition) is 2. The molecular formula is C19H15F3N2O2. The molecule has 0 saturated carbocycles. The molecule has 0 saturated heterocycles. The first-order chi connectivity index (χ1) is 12.3. The number of halogens is 3. The van der Waals surface area contributed by atoms with Crippen LogP contribution in [0, 0.1) is 11.8 Å². The third-order valence-electron chi connectivity index (χ3n) is 3.43. The van der Waals surface area contributed by atoms with Gasteiger partial charge in [0.25, 0.3) is 11.8 Å². The van der Waals surface area contributed by atoms with Crippen molar-refractivity contribution in [2.24, 2.45) is 0 Å². The Bertz CT molecular complexity index is 863. The lowest BCUT2D eigenvalue weighted by Crippen LogP contribution is -2.23. The van der Waals surface area contributed by atoms with Gasteiger partial charge in [0, 0.05) is 18.2 Å². The first kappa shape index (κ1) is 19.1. The van der Waals surface area contributed by atoms with Crippen LogP contribution in [-0.4, -0.2) is 25.4 Å². The number of carbonyl (C=O) groups is 2. The van der Waals surface area contributed by atoms with Crippen molar-refractivity contribution >= 4 is 11.8 Å². The number of rotatable bonds is 3. The van der Waals surface area contributed by atoms with E-state index in [9.17, 15) is 22.8 Å². The van der Waals surface area contributed by atoms with E-state index >= 15 is 0 Å². The van der Waals surface area contributed by atoms with Crippen molar-refractivity contribution < 1.29 is 22.8 Å². The van der Waals surface area contributed by atoms with E-state index in [2.05, 4.69) is 22.5 Å². The SMILES string of the molecule is CNC(=O)c1ccccc1C#CCNC(=O)c1ccc(C(F)(F)F)cc1. The van der Waals surface area contributed by atoms with Gasteiger partial charge < -0.3 is 10.6 Å². The standard InChI is InChI=1S/C19H15F3N2O2/c1-23-18(26)16-7-3-2-5-13(16)6-4-12-24-17(25)14-8-10-15(11-9-14)19(20,21)22/h2-3,5,7-11H,12H2,1H3,(H,23,26)(H,24,25). The average Bonchev–Trinajstić information content (AvgIpc) is 2.64. The van der Waals surface area contributed by atoms with Gasteiger partial charge in [0.15, 0.2) is 0 Å². The van der Waals surface area contributed by atoms with E-state index in [1.807, 2.05) is 0 Å². The van der Waals surface area contributed by atoms with Crippen LogP contribution in [0.1, 0.15) is 31.8 Å². The second-order valence-electron chi connectivity index (χ2n) is 5.18. The summed E-state index contributed by atoms with van der Waals surface area (Å²) in [6.07, 6.45) is -4.45. The predicted molar refractivity (Wildman–Crippen MR) is 90.5 cm³/mol. The van der Waals surface area contributed by atoms with Gasteiger partial charge in [0.2, 0.25) is 0 Å². The molecule has 2 N–H and O–H groups in total. The van der Waals surface area contributed by atoms with Gasteiger partial charge in [-0.2, -0.15) is 13.2 Å². The molecule has 2 amide bonds. The number of nitrogens with one attached hydrogen (secondary N) is 2. The number of amides is 2. The molecule has 0 aliphatic rings. The quantitative estimate of drug-likeness (QED) is 0.827. The Labute approximate surface area is 148 Å². The van der Waals surface area contributed by atoms with E-state index in [-0.39, 0.29) is 18.0 Å². The highest BCUT2D eigenvalue weighted by atomic mass is 19.4. The molecule has 2 aromatic carbocycles. The number of hydrogen-bond acceptors (Lipinski definition) is 2. The Balaban J connectivity index is 2.00. The van der Waals surface area contributed by atoms with Gasteiger partial charge in [-0.25, -0.2) is 0 Å². The molecule has 0 aliphatic heterocycles. The molecule has 7 heteroatoms. The molecule has 0 unspecified atom stereocenters. The highest BCUT2D eigenvalue weighted by Crippen LogP contribution is 2.29. The van der Waals surface area contributed by atoms with Crippen LogP contribution in [0.5, 0.6) is 0 Å². The van der Waals surface area contributed by atoms with Crippen molar-refractivity contribution in [3.63, 3.8) is 0 Å². The Kier molecular flexibility index (Phi) is 6.02. The maximum atomic E-state index is 12.5. The fourth-order valence-corrected chi connectivity index (χ4v) is 2.10. The minimum Gasteiger partial charge on any atom is -0.355 e. The zero-order valence-corrected chi connectivity index (χ0v) is 13.8. The summed E-state index contributed by atoms with van der Waals surface area (Å²) >= 11 is 0. The molecule has 0 aromatic heterocycles. The number of alkyl halides is 3. The van der Waals surface area contributed by atoms with Crippen LogP contribution in [0.2, 0.25) is 0 Å². The molecule has 0 aliphatic carbocycles. The van der Waals surface area contributed by atoms with Crippen LogP contribution in [0.4, 0.5) is 13.2 Å². The molecule has 0 fully saturated rings. The van der Waals surface area contributed by atoms with Gasteiger partial charge in [0.1, 0.15) is 0 Å². The zero-order valence-electron chi connectivity index (χ0n) is 13.8. The van der Waals surface area contributed by atoms with Crippen molar-refractivity contribution in [1.29, 1.82) is 0 Å². The first-order valence-electron chi connectivity index (χ1n) is 7.58. The maximum absolute atomic E-state index is 12.5. The van der Waals surface area contributed by atoms with E-state index in [0.717, 1.165) is 24.3 Å². The molecule has 2 rings (SSSR count). The highest BCUT2D eigenvalue weighted by molar-refractivity contribution is 5.96. The van der Waals surface area contributed by atoms with Gasteiger partial charge in [-0.1, -0.05) is 24.0 Å². The fraction of sp³-hybridized carbons (Fsp3) is 0.158. The Morgan fingerprint density at radius 3 is 2.27 bits per heavy atom. The minimum atomic E-state index is -4.45. The van der Waals surface area contributed by atoms with Crippen LogP contribution in [0.15, 0.2) is 48.5 Å². The second kappa shape index (κ2) is 8.21. The molecule has 0 radical (unpaired) electrons. The van der Waals surface area contributed by atoms with Crippen LogP contribution in [0.3, 0.4) is 0 Å². The molecular weight excluding hydrogens is 345 g/mol. The Hall–Kier alpha value is -3.27. The highest BCUT2D eigenvalue weighted by Gasteiger charge is 2.30. The van der Waals surface area contributed by atoms with Gasteiger partial charge in [0.05, 0.1) is 17.7 Å². The van der Waals surface area contributed by atoms with Crippen molar-refractivity contribution in [1.82, 2.24) is 10.6 Å².